The zero-order valence-corrected chi connectivity index (χ0v) is 11.4. The normalized spacial score (nSPS) is 13.2. The molecule has 0 saturated carbocycles. The molecule has 0 aromatic heterocycles. The van der Waals surface area contributed by atoms with Crippen LogP contribution in [0.5, 0.6) is 0 Å². The summed E-state index contributed by atoms with van der Waals surface area (Å²) in [6, 6.07) is 13.0. The molecule has 3 rings (SSSR count). The summed E-state index contributed by atoms with van der Waals surface area (Å²) < 4.78 is 0. The van der Waals surface area contributed by atoms with Crippen LogP contribution in [0.25, 0.3) is 0 Å². The number of carbonyl (C=O) groups excluding carboxylic acids is 3. The quantitative estimate of drug-likeness (QED) is 0.512. The summed E-state index contributed by atoms with van der Waals surface area (Å²) >= 11 is 0. The first-order chi connectivity index (χ1) is 10.6. The molecule has 2 N–H and O–H groups in total. The van der Waals surface area contributed by atoms with Crippen LogP contribution in [0.15, 0.2) is 48.5 Å². The fourth-order valence-corrected chi connectivity index (χ4v) is 2.39. The Labute approximate surface area is 125 Å². The van der Waals surface area contributed by atoms with Crippen LogP contribution in [0, 0.1) is 0 Å². The van der Waals surface area contributed by atoms with Crippen LogP contribution in [0.3, 0.4) is 0 Å². The fraction of sp³-hybridized carbons (Fsp3) is 0.0625. The molecule has 0 atom stereocenters. The van der Waals surface area contributed by atoms with Crippen molar-refractivity contribution in [2.75, 3.05) is 0 Å². The van der Waals surface area contributed by atoms with Crippen LogP contribution in [0.4, 0.5) is 0 Å². The van der Waals surface area contributed by atoms with Gasteiger partial charge in [-0.2, -0.15) is 0 Å². The van der Waals surface area contributed by atoms with Crippen LogP contribution in [0.1, 0.15) is 36.6 Å². The second-order valence-corrected chi connectivity index (χ2v) is 4.88. The molecule has 1 aliphatic rings. The van der Waals surface area contributed by atoms with E-state index in [1.807, 2.05) is 0 Å². The highest BCUT2D eigenvalue weighted by atomic mass is 16.5. The maximum atomic E-state index is 12.2. The number of rotatable bonds is 3. The predicted octanol–water partition coefficient (Wildman–Crippen LogP) is 1.60. The molecule has 0 spiro atoms. The highest BCUT2D eigenvalue weighted by molar-refractivity contribution is 6.21. The lowest BCUT2D eigenvalue weighted by Gasteiger charge is -2.14. The number of hydrogen-bond donors (Lipinski definition) is 2. The molecule has 0 radical (unpaired) electrons. The first-order valence-electron chi connectivity index (χ1n) is 6.60. The van der Waals surface area contributed by atoms with Gasteiger partial charge in [0.15, 0.2) is 0 Å². The highest BCUT2D eigenvalue weighted by Crippen LogP contribution is 2.24. The van der Waals surface area contributed by atoms with Gasteiger partial charge < -0.3 is 0 Å². The zero-order valence-electron chi connectivity index (χ0n) is 11.4. The Bertz CT molecular complexity index is 733. The molecule has 0 saturated heterocycles. The van der Waals surface area contributed by atoms with E-state index in [2.05, 4.69) is 0 Å². The predicted molar refractivity (Wildman–Crippen MR) is 76.3 cm³/mol. The van der Waals surface area contributed by atoms with Crippen molar-refractivity contribution in [2.45, 2.75) is 6.54 Å². The summed E-state index contributed by atoms with van der Waals surface area (Å²) in [7, 11) is 0. The van der Waals surface area contributed by atoms with Gasteiger partial charge in [0, 0.05) is 5.56 Å². The minimum atomic E-state index is -0.618. The first-order valence-corrected chi connectivity index (χ1v) is 6.60. The molecule has 1 heterocycles. The Morgan fingerprint density at radius 3 is 2.00 bits per heavy atom. The van der Waals surface area contributed by atoms with Crippen LogP contribution in [-0.4, -0.2) is 27.8 Å². The summed E-state index contributed by atoms with van der Waals surface area (Å²) in [6.45, 7) is 0.132. The minimum Gasteiger partial charge on any atom is -0.288 e. The second-order valence-electron chi connectivity index (χ2n) is 4.88. The lowest BCUT2D eigenvalue weighted by Crippen LogP contribution is -2.29. The molecule has 110 valence electrons. The number of hydrogen-bond acceptors (Lipinski definition) is 4. The topological polar surface area (TPSA) is 86.7 Å². The molecule has 3 amide bonds. The highest BCUT2D eigenvalue weighted by Gasteiger charge is 2.34. The van der Waals surface area contributed by atoms with Gasteiger partial charge in [-0.15, -0.1) is 0 Å². The number of nitrogens with zero attached hydrogens (tertiary/aromatic N) is 1. The van der Waals surface area contributed by atoms with Gasteiger partial charge >= 0.3 is 0 Å². The maximum Gasteiger partial charge on any atom is 0.274 e. The van der Waals surface area contributed by atoms with E-state index in [1.165, 1.54) is 17.0 Å². The van der Waals surface area contributed by atoms with Crippen molar-refractivity contribution in [1.82, 2.24) is 10.4 Å². The van der Waals surface area contributed by atoms with Crippen molar-refractivity contribution in [3.05, 3.63) is 70.8 Å². The van der Waals surface area contributed by atoms with E-state index in [0.717, 1.165) is 0 Å². The number of nitrogens with one attached hydrogen (secondary N) is 1. The number of carbonyl (C=O) groups is 3. The second kappa shape index (κ2) is 5.42. The average Bonchev–Trinajstić information content (AvgIpc) is 2.80. The van der Waals surface area contributed by atoms with Gasteiger partial charge in [0.05, 0.1) is 17.7 Å². The minimum absolute atomic E-state index is 0.132. The Kier molecular flexibility index (Phi) is 3.44. The first kappa shape index (κ1) is 14.0. The molecule has 6 heteroatoms. The lowest BCUT2D eigenvalue weighted by molar-refractivity contribution is 0.0640. The lowest BCUT2D eigenvalue weighted by atomic mass is 10.1. The third-order valence-corrected chi connectivity index (χ3v) is 3.54. The average molecular weight is 296 g/mol. The Balaban J connectivity index is 1.81. The van der Waals surface area contributed by atoms with Crippen molar-refractivity contribution >= 4 is 17.7 Å². The smallest absolute Gasteiger partial charge is 0.274 e. The van der Waals surface area contributed by atoms with Crippen molar-refractivity contribution in [1.29, 1.82) is 0 Å². The molecule has 0 bridgehead atoms. The molecule has 22 heavy (non-hydrogen) atoms. The number of imide groups is 1. The fourth-order valence-electron chi connectivity index (χ4n) is 2.39. The Morgan fingerprint density at radius 2 is 1.50 bits per heavy atom. The van der Waals surface area contributed by atoms with Crippen molar-refractivity contribution < 1.29 is 19.6 Å². The monoisotopic (exact) mass is 296 g/mol. The van der Waals surface area contributed by atoms with Gasteiger partial charge in [-0.3, -0.25) is 24.5 Å². The standard InChI is InChI=1S/C16H12N2O4/c19-14(17-22)11-7-5-10(6-8-11)9-18-15(20)12-3-1-2-4-13(12)16(18)21/h1-8,22H,9H2,(H,17,19). The SMILES string of the molecule is O=C(NO)c1ccc(CN2C(=O)c3ccccc3C2=O)cc1. The molecule has 0 unspecified atom stereocenters. The van der Waals surface area contributed by atoms with Gasteiger partial charge in [0.1, 0.15) is 0 Å². The Hall–Kier alpha value is -2.99. The molecule has 0 fully saturated rings. The third kappa shape index (κ3) is 2.25. The van der Waals surface area contributed by atoms with E-state index in [0.29, 0.717) is 16.7 Å². The van der Waals surface area contributed by atoms with Gasteiger partial charge in [-0.05, 0) is 29.8 Å². The summed E-state index contributed by atoms with van der Waals surface area (Å²) in [5.74, 6) is -1.26. The van der Waals surface area contributed by atoms with Crippen molar-refractivity contribution in [3.63, 3.8) is 0 Å². The third-order valence-electron chi connectivity index (χ3n) is 3.54. The number of benzene rings is 2. The van der Waals surface area contributed by atoms with Gasteiger partial charge in [0.2, 0.25) is 0 Å². The van der Waals surface area contributed by atoms with Crippen LogP contribution in [-0.2, 0) is 6.54 Å². The van der Waals surface area contributed by atoms with Crippen molar-refractivity contribution in [3.8, 4) is 0 Å². The Morgan fingerprint density at radius 1 is 0.955 bits per heavy atom. The van der Waals surface area contributed by atoms with Gasteiger partial charge in [-0.25, -0.2) is 5.48 Å². The summed E-state index contributed by atoms with van der Waals surface area (Å²) in [4.78, 5) is 36.9. The van der Waals surface area contributed by atoms with E-state index in [1.54, 1.807) is 41.9 Å². The van der Waals surface area contributed by atoms with Gasteiger partial charge in [0.25, 0.3) is 17.7 Å². The van der Waals surface area contributed by atoms with E-state index in [-0.39, 0.29) is 23.9 Å². The number of amides is 3. The van der Waals surface area contributed by atoms with E-state index in [4.69, 9.17) is 5.21 Å². The summed E-state index contributed by atoms with van der Waals surface area (Å²) in [5.41, 5.74) is 3.35. The summed E-state index contributed by atoms with van der Waals surface area (Å²) in [6.07, 6.45) is 0. The molecule has 2 aromatic rings. The largest absolute Gasteiger partial charge is 0.288 e. The molecule has 1 aliphatic heterocycles. The zero-order chi connectivity index (χ0) is 15.7. The number of fused-ring (bicyclic) bond motifs is 1. The van der Waals surface area contributed by atoms with Crippen LogP contribution >= 0.6 is 0 Å². The van der Waals surface area contributed by atoms with Crippen LogP contribution in [0.2, 0.25) is 0 Å². The maximum absolute atomic E-state index is 12.2. The number of hydroxylamine groups is 1. The van der Waals surface area contributed by atoms with E-state index >= 15 is 0 Å². The van der Waals surface area contributed by atoms with E-state index < -0.39 is 5.91 Å². The van der Waals surface area contributed by atoms with Crippen LogP contribution < -0.4 is 5.48 Å². The van der Waals surface area contributed by atoms with Gasteiger partial charge in [-0.1, -0.05) is 24.3 Å². The molecule has 2 aromatic carbocycles. The molecular weight excluding hydrogens is 284 g/mol. The molecular formula is C16H12N2O4. The van der Waals surface area contributed by atoms with E-state index in [9.17, 15) is 14.4 Å². The molecule has 0 aliphatic carbocycles. The van der Waals surface area contributed by atoms with Crippen molar-refractivity contribution in [2.24, 2.45) is 0 Å². The summed E-state index contributed by atoms with van der Waals surface area (Å²) in [5, 5.41) is 8.56. The molecule has 6 nitrogen and oxygen atoms in total.